The van der Waals surface area contributed by atoms with E-state index in [1.165, 1.54) is 32.1 Å². The molecular formula is C10H16NO2S. The number of hydroxylamine groups is 2. The lowest BCUT2D eigenvalue weighted by molar-refractivity contribution is -0.335. The Balaban J connectivity index is 1.59. The molecule has 2 saturated heterocycles. The first-order chi connectivity index (χ1) is 6.93. The molecule has 0 aromatic heterocycles. The summed E-state index contributed by atoms with van der Waals surface area (Å²) >= 11 is 1.84. The molecule has 3 nitrogen and oxygen atoms in total. The van der Waals surface area contributed by atoms with Gasteiger partial charge in [-0.1, -0.05) is 24.5 Å². The fourth-order valence-electron chi connectivity index (χ4n) is 2.35. The molecule has 3 aliphatic rings. The number of rotatable bonds is 1. The van der Waals surface area contributed by atoms with Gasteiger partial charge >= 0.3 is 0 Å². The first kappa shape index (κ1) is 9.46. The van der Waals surface area contributed by atoms with Gasteiger partial charge in [-0.2, -0.15) is 0 Å². The Morgan fingerprint density at radius 1 is 1.14 bits per heavy atom. The zero-order valence-electron chi connectivity index (χ0n) is 8.22. The smallest absolute Gasteiger partial charge is 0.156 e. The SMILES string of the molecule is [CH]1CS[C@@H]2ON(C3CCCCC3)O[C@@H]12. The largest absolute Gasteiger partial charge is 0.266 e. The van der Waals surface area contributed by atoms with Crippen molar-refractivity contribution in [3.8, 4) is 0 Å². The summed E-state index contributed by atoms with van der Waals surface area (Å²) in [6, 6.07) is 0.503. The Labute approximate surface area is 89.0 Å². The van der Waals surface area contributed by atoms with Gasteiger partial charge in [0.25, 0.3) is 0 Å². The molecule has 2 heterocycles. The second kappa shape index (κ2) is 4.00. The van der Waals surface area contributed by atoms with Crippen LogP contribution < -0.4 is 0 Å². The summed E-state index contributed by atoms with van der Waals surface area (Å²) in [5, 5.41) is 1.79. The van der Waals surface area contributed by atoms with E-state index in [2.05, 4.69) is 6.42 Å². The zero-order valence-corrected chi connectivity index (χ0v) is 9.04. The molecule has 3 fully saturated rings. The van der Waals surface area contributed by atoms with E-state index in [0.717, 1.165) is 5.75 Å². The quantitative estimate of drug-likeness (QED) is 0.666. The van der Waals surface area contributed by atoms with Gasteiger partial charge in [0.2, 0.25) is 0 Å². The van der Waals surface area contributed by atoms with Crippen LogP contribution >= 0.6 is 11.8 Å². The van der Waals surface area contributed by atoms with Crippen LogP contribution in [0.3, 0.4) is 0 Å². The Morgan fingerprint density at radius 2 is 2.00 bits per heavy atom. The van der Waals surface area contributed by atoms with Crippen molar-refractivity contribution < 1.29 is 9.68 Å². The molecule has 0 spiro atoms. The molecule has 1 radical (unpaired) electrons. The number of hydrogen-bond acceptors (Lipinski definition) is 4. The minimum atomic E-state index is 0.210. The normalized spacial score (nSPS) is 40.3. The summed E-state index contributed by atoms with van der Waals surface area (Å²) in [6.07, 6.45) is 8.88. The second-order valence-electron chi connectivity index (χ2n) is 4.19. The van der Waals surface area contributed by atoms with Crippen LogP contribution in [-0.2, 0) is 9.68 Å². The van der Waals surface area contributed by atoms with E-state index in [9.17, 15) is 0 Å². The number of thioether (sulfide) groups is 1. The molecule has 1 saturated carbocycles. The average molecular weight is 214 g/mol. The van der Waals surface area contributed by atoms with Crippen LogP contribution in [0.1, 0.15) is 32.1 Å². The molecule has 2 aliphatic heterocycles. The Morgan fingerprint density at radius 3 is 2.79 bits per heavy atom. The van der Waals surface area contributed by atoms with E-state index in [1.54, 1.807) is 5.23 Å². The molecule has 79 valence electrons. The molecule has 0 unspecified atom stereocenters. The summed E-state index contributed by atoms with van der Waals surface area (Å²) in [5.74, 6) is 1.06. The van der Waals surface area contributed by atoms with E-state index in [1.807, 2.05) is 11.8 Å². The molecular weight excluding hydrogens is 198 g/mol. The summed E-state index contributed by atoms with van der Waals surface area (Å²) in [6.45, 7) is 0. The Hall–Kier alpha value is 0.230. The monoisotopic (exact) mass is 214 g/mol. The second-order valence-corrected chi connectivity index (χ2v) is 5.32. The van der Waals surface area contributed by atoms with E-state index in [4.69, 9.17) is 9.68 Å². The molecule has 0 amide bonds. The van der Waals surface area contributed by atoms with Crippen LogP contribution in [0, 0.1) is 6.42 Å². The predicted octanol–water partition coefficient (Wildman–Crippen LogP) is 2.14. The van der Waals surface area contributed by atoms with Gasteiger partial charge in [-0.3, -0.25) is 9.68 Å². The van der Waals surface area contributed by atoms with Crippen molar-refractivity contribution >= 4 is 11.8 Å². The minimum absolute atomic E-state index is 0.210. The highest BCUT2D eigenvalue weighted by molar-refractivity contribution is 8.00. The topological polar surface area (TPSA) is 21.7 Å². The number of fused-ring (bicyclic) bond motifs is 1. The van der Waals surface area contributed by atoms with Crippen LogP contribution in [0.25, 0.3) is 0 Å². The highest BCUT2D eigenvalue weighted by Crippen LogP contribution is 2.38. The highest BCUT2D eigenvalue weighted by atomic mass is 32.2. The van der Waals surface area contributed by atoms with Gasteiger partial charge in [0, 0.05) is 12.2 Å². The lowest BCUT2D eigenvalue weighted by Crippen LogP contribution is -2.33. The van der Waals surface area contributed by atoms with Gasteiger partial charge in [0.05, 0.1) is 6.04 Å². The van der Waals surface area contributed by atoms with Crippen LogP contribution in [0.4, 0.5) is 0 Å². The van der Waals surface area contributed by atoms with Crippen LogP contribution in [-0.4, -0.2) is 28.6 Å². The fourth-order valence-corrected chi connectivity index (χ4v) is 3.33. The lowest BCUT2D eigenvalue weighted by Gasteiger charge is -2.28. The van der Waals surface area contributed by atoms with E-state index < -0.39 is 0 Å². The standard InChI is InChI=1S/C10H16NO2S/c1-2-4-8(5-3-1)11-12-9-6-7-14-10(9)13-11/h6,8-10H,1-5,7H2/t9-,10-/m0/s1. The molecule has 3 rings (SSSR count). The third-order valence-corrected chi connectivity index (χ3v) is 4.23. The summed E-state index contributed by atoms with van der Waals surface area (Å²) in [4.78, 5) is 11.5. The maximum absolute atomic E-state index is 5.77. The average Bonchev–Trinajstić information content (AvgIpc) is 2.78. The third kappa shape index (κ3) is 1.69. The highest BCUT2D eigenvalue weighted by Gasteiger charge is 2.42. The van der Waals surface area contributed by atoms with Crippen molar-refractivity contribution in [2.24, 2.45) is 0 Å². The number of hydrogen-bond donors (Lipinski definition) is 0. The lowest BCUT2D eigenvalue weighted by atomic mass is 9.96. The Kier molecular flexibility index (Phi) is 2.70. The summed E-state index contributed by atoms with van der Waals surface area (Å²) < 4.78 is 0. The van der Waals surface area contributed by atoms with Gasteiger partial charge in [-0.05, 0) is 12.8 Å². The van der Waals surface area contributed by atoms with Gasteiger partial charge < -0.3 is 0 Å². The van der Waals surface area contributed by atoms with E-state index in [-0.39, 0.29) is 11.5 Å². The fraction of sp³-hybridized carbons (Fsp3) is 0.900. The van der Waals surface area contributed by atoms with Crippen molar-refractivity contribution in [1.82, 2.24) is 5.23 Å². The van der Waals surface area contributed by atoms with Crippen LogP contribution in [0.5, 0.6) is 0 Å². The summed E-state index contributed by atoms with van der Waals surface area (Å²) in [5.41, 5.74) is 0.233. The molecule has 0 aromatic carbocycles. The van der Waals surface area contributed by atoms with Gasteiger partial charge in [0.15, 0.2) is 5.44 Å². The molecule has 0 N–H and O–H groups in total. The molecule has 0 aromatic rings. The molecule has 2 atom stereocenters. The Bertz CT molecular complexity index is 196. The zero-order chi connectivity index (χ0) is 9.38. The van der Waals surface area contributed by atoms with Crippen molar-refractivity contribution in [2.45, 2.75) is 49.7 Å². The van der Waals surface area contributed by atoms with Crippen molar-refractivity contribution in [3.63, 3.8) is 0 Å². The first-order valence-corrected chi connectivity index (χ1v) is 6.56. The van der Waals surface area contributed by atoms with Crippen LogP contribution in [0.2, 0.25) is 0 Å². The molecule has 4 heteroatoms. The molecule has 1 aliphatic carbocycles. The minimum Gasteiger partial charge on any atom is -0.266 e. The van der Waals surface area contributed by atoms with Gasteiger partial charge in [-0.25, -0.2) is 0 Å². The molecule has 0 bridgehead atoms. The van der Waals surface area contributed by atoms with Crippen molar-refractivity contribution in [2.75, 3.05) is 5.75 Å². The van der Waals surface area contributed by atoms with E-state index >= 15 is 0 Å². The third-order valence-electron chi connectivity index (χ3n) is 3.16. The van der Waals surface area contributed by atoms with Gasteiger partial charge in [0.1, 0.15) is 6.10 Å². The van der Waals surface area contributed by atoms with Crippen molar-refractivity contribution in [3.05, 3.63) is 6.42 Å². The van der Waals surface area contributed by atoms with Crippen molar-refractivity contribution in [1.29, 1.82) is 0 Å². The van der Waals surface area contributed by atoms with Gasteiger partial charge in [-0.15, -0.1) is 11.8 Å². The van der Waals surface area contributed by atoms with E-state index in [0.29, 0.717) is 6.04 Å². The number of nitrogens with zero attached hydrogens (tertiary/aromatic N) is 1. The maximum Gasteiger partial charge on any atom is 0.156 e. The maximum atomic E-state index is 5.77. The molecule has 14 heavy (non-hydrogen) atoms. The predicted molar refractivity (Wildman–Crippen MR) is 55.2 cm³/mol. The first-order valence-electron chi connectivity index (χ1n) is 5.51. The summed E-state index contributed by atoms with van der Waals surface area (Å²) in [7, 11) is 0. The van der Waals surface area contributed by atoms with Crippen LogP contribution in [0.15, 0.2) is 0 Å².